The summed E-state index contributed by atoms with van der Waals surface area (Å²) < 4.78 is 11.3. The number of ether oxygens (including phenoxy) is 2. The normalized spacial score (nSPS) is 12.7. The van der Waals surface area contributed by atoms with E-state index < -0.39 is 0 Å². The first-order valence-electron chi connectivity index (χ1n) is 9.13. The fraction of sp³-hybridized carbons (Fsp3) is 0.0833. The lowest BCUT2D eigenvalue weighted by molar-refractivity contribution is 0.0990. The molecule has 0 amide bonds. The smallest absolute Gasteiger partial charge is 0.197 e. The van der Waals surface area contributed by atoms with Gasteiger partial charge in [-0.2, -0.15) is 0 Å². The summed E-state index contributed by atoms with van der Waals surface area (Å²) in [4.78, 5) is 25.2. The summed E-state index contributed by atoms with van der Waals surface area (Å²) in [5, 5.41) is 0.954. The van der Waals surface area contributed by atoms with Gasteiger partial charge in [-0.15, -0.1) is 0 Å². The third-order valence-corrected chi connectivity index (χ3v) is 5.30. The molecule has 0 spiro atoms. The number of benzene rings is 3. The van der Waals surface area contributed by atoms with Crippen LogP contribution in [0, 0.1) is 0 Å². The molecule has 0 radical (unpaired) electrons. The zero-order valence-electron chi connectivity index (χ0n) is 15.9. The van der Waals surface area contributed by atoms with Gasteiger partial charge in [0.05, 0.1) is 17.7 Å². The molecule has 0 saturated heterocycles. The van der Waals surface area contributed by atoms with Gasteiger partial charge in [0.15, 0.2) is 23.1 Å². The second kappa shape index (κ2) is 8.34. The fourth-order valence-corrected chi connectivity index (χ4v) is 3.67. The summed E-state index contributed by atoms with van der Waals surface area (Å²) >= 11 is 12.3. The molecule has 6 heteroatoms. The van der Waals surface area contributed by atoms with Crippen LogP contribution in [0.4, 0.5) is 0 Å². The monoisotopic (exact) mass is 438 g/mol. The van der Waals surface area contributed by atoms with Gasteiger partial charge in [-0.3, -0.25) is 9.59 Å². The topological polar surface area (TPSA) is 52.6 Å². The molecule has 0 heterocycles. The highest BCUT2D eigenvalue weighted by molar-refractivity contribution is 6.41. The molecule has 0 fully saturated rings. The van der Waals surface area contributed by atoms with E-state index in [0.29, 0.717) is 38.2 Å². The van der Waals surface area contributed by atoms with Crippen molar-refractivity contribution in [1.82, 2.24) is 0 Å². The van der Waals surface area contributed by atoms with Crippen molar-refractivity contribution < 1.29 is 19.1 Å². The molecule has 4 rings (SSSR count). The average molecular weight is 439 g/mol. The molecule has 0 aliphatic heterocycles. The largest absolute Gasteiger partial charge is 0.493 e. The molecule has 3 aromatic carbocycles. The second-order valence-electron chi connectivity index (χ2n) is 6.71. The number of fused-ring (bicyclic) bond motifs is 1. The highest BCUT2D eigenvalue weighted by atomic mass is 35.5. The molecule has 0 unspecified atom stereocenters. The van der Waals surface area contributed by atoms with Crippen LogP contribution in [0.5, 0.6) is 11.5 Å². The summed E-state index contributed by atoms with van der Waals surface area (Å²) in [7, 11) is 1.50. The van der Waals surface area contributed by atoms with Crippen LogP contribution in [0.25, 0.3) is 6.08 Å². The number of carbonyl (C=O) groups excluding carboxylic acids is 2. The van der Waals surface area contributed by atoms with Gasteiger partial charge in [0.25, 0.3) is 0 Å². The molecule has 0 N–H and O–H groups in total. The van der Waals surface area contributed by atoms with E-state index in [4.69, 9.17) is 32.7 Å². The third kappa shape index (κ3) is 3.84. The van der Waals surface area contributed by atoms with Gasteiger partial charge >= 0.3 is 0 Å². The van der Waals surface area contributed by atoms with E-state index in [1.54, 1.807) is 48.5 Å². The Morgan fingerprint density at radius 3 is 2.13 bits per heavy atom. The zero-order valence-corrected chi connectivity index (χ0v) is 17.5. The quantitative estimate of drug-likeness (QED) is 0.359. The SMILES string of the molecule is COc1cc(C=C2C(=O)c3ccccc3C2=O)cc(Cl)c1OCc1ccc(Cl)cc1. The molecule has 4 nitrogen and oxygen atoms in total. The van der Waals surface area contributed by atoms with Crippen LogP contribution in [0.3, 0.4) is 0 Å². The van der Waals surface area contributed by atoms with E-state index in [-0.39, 0.29) is 23.7 Å². The number of hydrogen-bond acceptors (Lipinski definition) is 4. The van der Waals surface area contributed by atoms with Crippen LogP contribution < -0.4 is 9.47 Å². The summed E-state index contributed by atoms with van der Waals surface area (Å²) in [5.74, 6) is 0.185. The Morgan fingerprint density at radius 2 is 1.53 bits per heavy atom. The molecular formula is C24H16Cl2O4. The van der Waals surface area contributed by atoms with Gasteiger partial charge in [0.2, 0.25) is 0 Å². The van der Waals surface area contributed by atoms with Gasteiger partial charge in [-0.25, -0.2) is 0 Å². The number of hydrogen-bond donors (Lipinski definition) is 0. The maximum atomic E-state index is 12.6. The number of halogens is 2. The second-order valence-corrected chi connectivity index (χ2v) is 7.55. The summed E-state index contributed by atoms with van der Waals surface area (Å²) in [5.41, 5.74) is 2.41. The first-order chi connectivity index (χ1) is 14.5. The van der Waals surface area contributed by atoms with Gasteiger partial charge < -0.3 is 9.47 Å². The Labute approximate surface area is 183 Å². The van der Waals surface area contributed by atoms with Crippen LogP contribution >= 0.6 is 23.2 Å². The first-order valence-corrected chi connectivity index (χ1v) is 9.88. The fourth-order valence-electron chi connectivity index (χ4n) is 3.27. The third-order valence-electron chi connectivity index (χ3n) is 4.76. The van der Waals surface area contributed by atoms with E-state index in [9.17, 15) is 9.59 Å². The predicted molar refractivity (Wildman–Crippen MR) is 117 cm³/mol. The molecule has 0 saturated carbocycles. The van der Waals surface area contributed by atoms with E-state index >= 15 is 0 Å². The molecule has 150 valence electrons. The number of methoxy groups -OCH3 is 1. The molecule has 0 aromatic heterocycles. The molecule has 30 heavy (non-hydrogen) atoms. The number of ketones is 2. The first kappa shape index (κ1) is 20.2. The van der Waals surface area contributed by atoms with Crippen molar-refractivity contribution in [2.24, 2.45) is 0 Å². The molecule has 1 aliphatic carbocycles. The highest BCUT2D eigenvalue weighted by Crippen LogP contribution is 2.38. The van der Waals surface area contributed by atoms with Gasteiger partial charge in [0.1, 0.15) is 6.61 Å². The van der Waals surface area contributed by atoms with Crippen LogP contribution in [0.2, 0.25) is 10.0 Å². The summed E-state index contributed by atoms with van der Waals surface area (Å²) in [6.45, 7) is 0.278. The maximum absolute atomic E-state index is 12.6. The van der Waals surface area contributed by atoms with Crippen molar-refractivity contribution in [2.45, 2.75) is 6.61 Å². The molecule has 1 aliphatic rings. The van der Waals surface area contributed by atoms with Crippen molar-refractivity contribution >= 4 is 40.8 Å². The Bertz CT molecular complexity index is 1140. The minimum atomic E-state index is -0.297. The van der Waals surface area contributed by atoms with Crippen LogP contribution in [-0.4, -0.2) is 18.7 Å². The van der Waals surface area contributed by atoms with Crippen molar-refractivity contribution in [3.8, 4) is 11.5 Å². The van der Waals surface area contributed by atoms with Crippen molar-refractivity contribution in [3.05, 3.63) is 98.5 Å². The number of rotatable bonds is 5. The van der Waals surface area contributed by atoms with Gasteiger partial charge in [-0.05, 0) is 41.5 Å². The highest BCUT2D eigenvalue weighted by Gasteiger charge is 2.32. The minimum Gasteiger partial charge on any atom is -0.493 e. The molecule has 3 aromatic rings. The molecule has 0 bridgehead atoms. The van der Waals surface area contributed by atoms with Crippen molar-refractivity contribution in [3.63, 3.8) is 0 Å². The Kier molecular flexibility index (Phi) is 5.62. The number of carbonyl (C=O) groups is 2. The van der Waals surface area contributed by atoms with E-state index in [2.05, 4.69) is 0 Å². The number of Topliss-reactive ketones (excluding diaryl/α,β-unsaturated/α-hetero) is 2. The van der Waals surface area contributed by atoms with Gasteiger partial charge in [-0.1, -0.05) is 59.6 Å². The molecular weight excluding hydrogens is 423 g/mol. The van der Waals surface area contributed by atoms with E-state index in [1.807, 2.05) is 12.1 Å². The van der Waals surface area contributed by atoms with Gasteiger partial charge in [0, 0.05) is 16.1 Å². The standard InChI is InChI=1S/C24H16Cl2O4/c1-29-21-12-15(10-19-22(27)17-4-2-3-5-18(17)23(19)28)11-20(26)24(21)30-13-14-6-8-16(25)9-7-14/h2-12H,13H2,1H3. The number of allylic oxidation sites excluding steroid dienone is 1. The van der Waals surface area contributed by atoms with Crippen LogP contribution in [0.15, 0.2) is 66.2 Å². The minimum absolute atomic E-state index is 0.101. The lowest BCUT2D eigenvalue weighted by atomic mass is 10.1. The lowest BCUT2D eigenvalue weighted by Gasteiger charge is -2.13. The predicted octanol–water partition coefficient (Wildman–Crippen LogP) is 6.04. The van der Waals surface area contributed by atoms with Crippen molar-refractivity contribution in [1.29, 1.82) is 0 Å². The van der Waals surface area contributed by atoms with E-state index in [0.717, 1.165) is 5.56 Å². The Morgan fingerprint density at radius 1 is 0.900 bits per heavy atom. The maximum Gasteiger partial charge on any atom is 0.197 e. The summed E-state index contributed by atoms with van der Waals surface area (Å²) in [6, 6.07) is 17.4. The zero-order chi connectivity index (χ0) is 21.3. The average Bonchev–Trinajstić information content (AvgIpc) is 2.99. The lowest BCUT2D eigenvalue weighted by Crippen LogP contribution is -2.01. The van der Waals surface area contributed by atoms with E-state index in [1.165, 1.54) is 13.2 Å². The van der Waals surface area contributed by atoms with Crippen LogP contribution in [0.1, 0.15) is 31.8 Å². The Balaban J connectivity index is 1.63. The van der Waals surface area contributed by atoms with Crippen molar-refractivity contribution in [2.75, 3.05) is 7.11 Å². The van der Waals surface area contributed by atoms with Crippen LogP contribution in [-0.2, 0) is 6.61 Å². The molecule has 0 atom stereocenters. The summed E-state index contributed by atoms with van der Waals surface area (Å²) in [6.07, 6.45) is 1.53. The Hall–Kier alpha value is -3.08.